The maximum atomic E-state index is 10.5. The Morgan fingerprint density at radius 2 is 1.55 bits per heavy atom. The van der Waals surface area contributed by atoms with Crippen molar-refractivity contribution in [2.45, 2.75) is 33.1 Å². The summed E-state index contributed by atoms with van der Waals surface area (Å²) in [4.78, 5) is 10.5. The number of carbonyl (C=O) groups is 1. The van der Waals surface area contributed by atoms with Crippen molar-refractivity contribution in [1.82, 2.24) is 0 Å². The molecule has 104 valence electrons. The summed E-state index contributed by atoms with van der Waals surface area (Å²) in [6.07, 6.45) is 1.75. The number of hydrogen-bond acceptors (Lipinski definition) is 1. The summed E-state index contributed by atoms with van der Waals surface area (Å²) < 4.78 is 0. The summed E-state index contributed by atoms with van der Waals surface area (Å²) >= 11 is 0. The van der Waals surface area contributed by atoms with Crippen LogP contribution in [-0.4, -0.2) is 11.1 Å². The van der Waals surface area contributed by atoms with Gasteiger partial charge in [-0.3, -0.25) is 4.79 Å². The fourth-order valence-corrected chi connectivity index (χ4v) is 2.45. The number of aryl methyl sites for hydroxylation is 3. The highest BCUT2D eigenvalue weighted by Gasteiger charge is 2.02. The topological polar surface area (TPSA) is 37.3 Å². The second kappa shape index (κ2) is 6.38. The van der Waals surface area contributed by atoms with E-state index >= 15 is 0 Å². The third kappa shape index (κ3) is 3.95. The van der Waals surface area contributed by atoms with E-state index in [0.29, 0.717) is 6.42 Å². The number of rotatable bonds is 5. The molecule has 2 nitrogen and oxygen atoms in total. The van der Waals surface area contributed by atoms with Crippen molar-refractivity contribution in [3.05, 3.63) is 59.2 Å². The van der Waals surface area contributed by atoms with Crippen molar-refractivity contribution in [2.24, 2.45) is 0 Å². The number of hydrogen-bond donors (Lipinski definition) is 1. The van der Waals surface area contributed by atoms with Crippen LogP contribution in [0, 0.1) is 13.8 Å². The van der Waals surface area contributed by atoms with Crippen LogP contribution in [0.25, 0.3) is 11.1 Å². The molecule has 1 N–H and O–H groups in total. The number of aliphatic carboxylic acids is 1. The molecular weight excluding hydrogens is 248 g/mol. The second-order valence-electron chi connectivity index (χ2n) is 5.32. The molecule has 20 heavy (non-hydrogen) atoms. The molecule has 0 unspecified atom stereocenters. The van der Waals surface area contributed by atoms with E-state index in [0.717, 1.165) is 6.42 Å². The van der Waals surface area contributed by atoms with E-state index in [1.165, 1.54) is 27.8 Å². The molecule has 0 amide bonds. The molecule has 0 aliphatic heterocycles. The summed E-state index contributed by atoms with van der Waals surface area (Å²) in [6, 6.07) is 15.0. The lowest BCUT2D eigenvalue weighted by atomic mass is 9.99. The molecule has 0 saturated heterocycles. The third-order valence-corrected chi connectivity index (χ3v) is 3.37. The van der Waals surface area contributed by atoms with Crippen molar-refractivity contribution in [2.75, 3.05) is 0 Å². The van der Waals surface area contributed by atoms with E-state index in [1.54, 1.807) is 0 Å². The molecule has 0 aliphatic carbocycles. The molecule has 0 saturated carbocycles. The van der Waals surface area contributed by atoms with Crippen molar-refractivity contribution in [3.63, 3.8) is 0 Å². The van der Waals surface area contributed by atoms with E-state index in [-0.39, 0.29) is 6.42 Å². The van der Waals surface area contributed by atoms with Crippen molar-refractivity contribution in [1.29, 1.82) is 0 Å². The quantitative estimate of drug-likeness (QED) is 0.873. The van der Waals surface area contributed by atoms with Crippen LogP contribution < -0.4 is 0 Å². The van der Waals surface area contributed by atoms with Crippen LogP contribution in [0.15, 0.2) is 42.5 Å². The molecule has 0 bridgehead atoms. The second-order valence-corrected chi connectivity index (χ2v) is 5.32. The maximum absolute atomic E-state index is 10.5. The van der Waals surface area contributed by atoms with Gasteiger partial charge in [0.25, 0.3) is 0 Å². The highest BCUT2D eigenvalue weighted by atomic mass is 16.4. The van der Waals surface area contributed by atoms with E-state index in [2.05, 4.69) is 56.3 Å². The van der Waals surface area contributed by atoms with Gasteiger partial charge in [-0.2, -0.15) is 0 Å². The smallest absolute Gasteiger partial charge is 0.303 e. The van der Waals surface area contributed by atoms with Gasteiger partial charge in [-0.1, -0.05) is 53.6 Å². The number of carboxylic acids is 1. The van der Waals surface area contributed by atoms with Crippen molar-refractivity contribution in [3.8, 4) is 11.1 Å². The van der Waals surface area contributed by atoms with Gasteiger partial charge in [0.15, 0.2) is 0 Å². The largest absolute Gasteiger partial charge is 0.481 e. The fraction of sp³-hybridized carbons (Fsp3) is 0.278. The zero-order valence-corrected chi connectivity index (χ0v) is 12.0. The van der Waals surface area contributed by atoms with E-state index in [1.807, 2.05) is 0 Å². The van der Waals surface area contributed by atoms with Crippen molar-refractivity contribution < 1.29 is 9.90 Å². The van der Waals surface area contributed by atoms with E-state index < -0.39 is 5.97 Å². The van der Waals surface area contributed by atoms with Gasteiger partial charge in [0.1, 0.15) is 0 Å². The Morgan fingerprint density at radius 3 is 2.10 bits per heavy atom. The van der Waals surface area contributed by atoms with Gasteiger partial charge < -0.3 is 5.11 Å². The predicted octanol–water partition coefficient (Wildman–Crippen LogP) is 4.38. The molecule has 0 fully saturated rings. The molecule has 0 aromatic heterocycles. The minimum Gasteiger partial charge on any atom is -0.481 e. The van der Waals surface area contributed by atoms with Gasteiger partial charge in [0, 0.05) is 6.42 Å². The standard InChI is InChI=1S/C18H20O2/c1-13-10-14(2)12-17(11-13)16-8-6-15(7-9-16)4-3-5-18(19)20/h6-12H,3-5H2,1-2H3,(H,19,20). The molecule has 0 heterocycles. The monoisotopic (exact) mass is 268 g/mol. The normalized spacial score (nSPS) is 10.5. The Hall–Kier alpha value is -2.09. The summed E-state index contributed by atoms with van der Waals surface area (Å²) in [5, 5.41) is 8.64. The van der Waals surface area contributed by atoms with Crippen LogP contribution in [0.1, 0.15) is 29.5 Å². The van der Waals surface area contributed by atoms with Crippen LogP contribution in [-0.2, 0) is 11.2 Å². The van der Waals surface area contributed by atoms with Gasteiger partial charge >= 0.3 is 5.97 Å². The average molecular weight is 268 g/mol. The lowest BCUT2D eigenvalue weighted by Crippen LogP contribution is -1.95. The minimum absolute atomic E-state index is 0.235. The molecule has 0 atom stereocenters. The molecular formula is C18H20O2. The minimum atomic E-state index is -0.725. The number of carboxylic acid groups (broad SMARTS) is 1. The molecule has 0 aliphatic rings. The third-order valence-electron chi connectivity index (χ3n) is 3.37. The summed E-state index contributed by atoms with van der Waals surface area (Å²) in [6.45, 7) is 4.22. The Labute approximate surface area is 120 Å². The summed E-state index contributed by atoms with van der Waals surface area (Å²) in [5.74, 6) is -0.725. The van der Waals surface area contributed by atoms with E-state index in [4.69, 9.17) is 5.11 Å². The van der Waals surface area contributed by atoms with Gasteiger partial charge in [-0.05, 0) is 43.4 Å². The van der Waals surface area contributed by atoms with Crippen LogP contribution in [0.2, 0.25) is 0 Å². The molecule has 0 spiro atoms. The Balaban J connectivity index is 2.09. The number of benzene rings is 2. The Kier molecular flexibility index (Phi) is 4.57. The van der Waals surface area contributed by atoms with Gasteiger partial charge in [-0.15, -0.1) is 0 Å². The zero-order chi connectivity index (χ0) is 14.5. The average Bonchev–Trinajstić information content (AvgIpc) is 2.38. The molecule has 0 radical (unpaired) electrons. The fourth-order valence-electron chi connectivity index (χ4n) is 2.45. The summed E-state index contributed by atoms with van der Waals surface area (Å²) in [7, 11) is 0. The lowest BCUT2D eigenvalue weighted by molar-refractivity contribution is -0.137. The van der Waals surface area contributed by atoms with Crippen molar-refractivity contribution >= 4 is 5.97 Å². The first-order valence-electron chi connectivity index (χ1n) is 6.94. The highest BCUT2D eigenvalue weighted by molar-refractivity contribution is 5.67. The van der Waals surface area contributed by atoms with Crippen LogP contribution >= 0.6 is 0 Å². The van der Waals surface area contributed by atoms with Gasteiger partial charge in [-0.25, -0.2) is 0 Å². The maximum Gasteiger partial charge on any atom is 0.303 e. The molecule has 2 rings (SSSR count). The first-order chi connectivity index (χ1) is 9.54. The van der Waals surface area contributed by atoms with E-state index in [9.17, 15) is 4.79 Å². The SMILES string of the molecule is Cc1cc(C)cc(-c2ccc(CCCC(=O)O)cc2)c1. The van der Waals surface area contributed by atoms with Gasteiger partial charge in [0.05, 0.1) is 0 Å². The zero-order valence-electron chi connectivity index (χ0n) is 12.0. The first-order valence-corrected chi connectivity index (χ1v) is 6.94. The van der Waals surface area contributed by atoms with Crippen LogP contribution in [0.5, 0.6) is 0 Å². The Morgan fingerprint density at radius 1 is 0.950 bits per heavy atom. The van der Waals surface area contributed by atoms with Gasteiger partial charge in [0.2, 0.25) is 0 Å². The lowest BCUT2D eigenvalue weighted by Gasteiger charge is -2.07. The van der Waals surface area contributed by atoms with Crippen LogP contribution in [0.4, 0.5) is 0 Å². The molecule has 2 aromatic carbocycles. The Bertz CT molecular complexity index is 577. The molecule has 2 aromatic rings. The predicted molar refractivity (Wildman–Crippen MR) is 81.9 cm³/mol. The molecule has 2 heteroatoms. The first kappa shape index (κ1) is 14.3. The summed E-state index contributed by atoms with van der Waals surface area (Å²) in [5.41, 5.74) is 6.17. The highest BCUT2D eigenvalue weighted by Crippen LogP contribution is 2.23. The van der Waals surface area contributed by atoms with Crippen LogP contribution in [0.3, 0.4) is 0 Å².